The average molecular weight is 307 g/mol. The minimum Gasteiger partial charge on any atom is -0.447 e. The van der Waals surface area contributed by atoms with Crippen molar-refractivity contribution in [2.24, 2.45) is 5.73 Å². The smallest absolute Gasteiger partial charge is 0.408 e. The number of carbonyl (C=O) groups is 3. The number of β-lactam (4-membered cyclic amide) rings is 1. The highest BCUT2D eigenvalue weighted by atomic mass is 16.6. The first kappa shape index (κ1) is 15.6. The van der Waals surface area contributed by atoms with Crippen molar-refractivity contribution in [2.75, 3.05) is 13.7 Å². The molecule has 1 aromatic rings. The summed E-state index contributed by atoms with van der Waals surface area (Å²) >= 11 is 0. The summed E-state index contributed by atoms with van der Waals surface area (Å²) in [6, 6.07) is 7.92. The molecular formula is C14H17N3O5. The summed E-state index contributed by atoms with van der Waals surface area (Å²) in [5, 5.41) is 2.46. The Morgan fingerprint density at radius 3 is 2.59 bits per heavy atom. The molecule has 3 amide bonds. The normalized spacial score (nSPS) is 20.0. The Bertz CT molecular complexity index is 563. The van der Waals surface area contributed by atoms with Crippen LogP contribution in [0.15, 0.2) is 30.3 Å². The minimum atomic E-state index is -0.932. The molecule has 1 aliphatic heterocycles. The molecule has 3 N–H and O–H groups in total. The van der Waals surface area contributed by atoms with Gasteiger partial charge in [0.15, 0.2) is 0 Å². The van der Waals surface area contributed by atoms with Crippen molar-refractivity contribution < 1.29 is 23.9 Å². The van der Waals surface area contributed by atoms with E-state index in [9.17, 15) is 14.4 Å². The maximum atomic E-state index is 11.7. The molecule has 118 valence electrons. The number of benzene rings is 1. The van der Waals surface area contributed by atoms with Crippen LogP contribution in [0.1, 0.15) is 5.56 Å². The van der Waals surface area contributed by atoms with Gasteiger partial charge in [0.25, 0.3) is 0 Å². The zero-order valence-electron chi connectivity index (χ0n) is 12.0. The molecule has 0 bridgehead atoms. The van der Waals surface area contributed by atoms with Gasteiger partial charge in [-0.05, 0) is 5.56 Å². The SMILES string of the molecule is CN1C(=O)C(NC(=O)OCc2ccccc2)C1COC(N)=O. The Labute approximate surface area is 127 Å². The van der Waals surface area contributed by atoms with Crippen LogP contribution in [0.2, 0.25) is 0 Å². The van der Waals surface area contributed by atoms with E-state index in [-0.39, 0.29) is 19.1 Å². The second kappa shape index (κ2) is 6.79. The van der Waals surface area contributed by atoms with Gasteiger partial charge < -0.3 is 25.4 Å². The predicted octanol–water partition coefficient (Wildman–Crippen LogP) is 0.217. The van der Waals surface area contributed by atoms with E-state index in [0.717, 1.165) is 5.56 Å². The molecule has 0 aliphatic carbocycles. The highest BCUT2D eigenvalue weighted by Gasteiger charge is 2.46. The van der Waals surface area contributed by atoms with Crippen LogP contribution < -0.4 is 11.1 Å². The van der Waals surface area contributed by atoms with E-state index in [4.69, 9.17) is 10.5 Å². The van der Waals surface area contributed by atoms with Gasteiger partial charge in [0.05, 0.1) is 6.04 Å². The topological polar surface area (TPSA) is 111 Å². The van der Waals surface area contributed by atoms with Crippen molar-refractivity contribution in [3.8, 4) is 0 Å². The Balaban J connectivity index is 1.81. The van der Waals surface area contributed by atoms with Crippen LogP contribution >= 0.6 is 0 Å². The zero-order chi connectivity index (χ0) is 16.1. The van der Waals surface area contributed by atoms with E-state index in [0.29, 0.717) is 0 Å². The highest BCUT2D eigenvalue weighted by Crippen LogP contribution is 2.18. The number of likely N-dealkylation sites (tertiary alicyclic amines) is 1. The molecule has 0 radical (unpaired) electrons. The van der Waals surface area contributed by atoms with Crippen LogP contribution in [0, 0.1) is 0 Å². The first-order valence-corrected chi connectivity index (χ1v) is 6.65. The number of likely N-dealkylation sites (N-methyl/N-ethyl adjacent to an activating group) is 1. The third-order valence-electron chi connectivity index (χ3n) is 3.38. The summed E-state index contributed by atoms with van der Waals surface area (Å²) in [6.45, 7) is 0.0209. The number of rotatable bonds is 5. The molecular weight excluding hydrogens is 290 g/mol. The molecule has 22 heavy (non-hydrogen) atoms. The zero-order valence-corrected chi connectivity index (χ0v) is 12.0. The first-order valence-electron chi connectivity index (χ1n) is 6.65. The standard InChI is InChI=1S/C14H17N3O5/c1-17-10(8-21-13(15)19)11(12(17)18)16-14(20)22-7-9-5-3-2-4-6-9/h2-6,10-11H,7-8H2,1H3,(H2,15,19)(H,16,20). The van der Waals surface area contributed by atoms with Crippen LogP contribution in [0.5, 0.6) is 0 Å². The number of nitrogens with two attached hydrogens (primary N) is 1. The summed E-state index contributed by atoms with van der Waals surface area (Å²) in [5.74, 6) is -0.283. The summed E-state index contributed by atoms with van der Waals surface area (Å²) in [6.07, 6.45) is -1.64. The van der Waals surface area contributed by atoms with E-state index >= 15 is 0 Å². The van der Waals surface area contributed by atoms with Crippen molar-refractivity contribution in [3.05, 3.63) is 35.9 Å². The lowest BCUT2D eigenvalue weighted by atomic mass is 9.97. The quantitative estimate of drug-likeness (QED) is 0.756. The van der Waals surface area contributed by atoms with Crippen LogP contribution in [-0.4, -0.2) is 48.7 Å². The molecule has 2 unspecified atom stereocenters. The van der Waals surface area contributed by atoms with E-state index < -0.39 is 24.3 Å². The van der Waals surface area contributed by atoms with Gasteiger partial charge in [-0.1, -0.05) is 30.3 Å². The fourth-order valence-corrected chi connectivity index (χ4v) is 2.11. The Morgan fingerprint density at radius 2 is 1.95 bits per heavy atom. The second-order valence-electron chi connectivity index (χ2n) is 4.83. The van der Waals surface area contributed by atoms with Crippen molar-refractivity contribution in [1.82, 2.24) is 10.2 Å². The molecule has 1 aromatic carbocycles. The Morgan fingerprint density at radius 1 is 1.27 bits per heavy atom. The maximum Gasteiger partial charge on any atom is 0.408 e. The van der Waals surface area contributed by atoms with Gasteiger partial charge in [-0.15, -0.1) is 0 Å². The number of nitrogens with zero attached hydrogens (tertiary/aromatic N) is 1. The van der Waals surface area contributed by atoms with Crippen LogP contribution in [-0.2, 0) is 20.9 Å². The molecule has 0 aromatic heterocycles. The number of carbonyl (C=O) groups excluding carboxylic acids is 3. The summed E-state index contributed by atoms with van der Waals surface area (Å²) in [7, 11) is 1.55. The van der Waals surface area contributed by atoms with E-state index in [1.54, 1.807) is 7.05 Å². The highest BCUT2D eigenvalue weighted by molar-refractivity contribution is 5.92. The van der Waals surface area contributed by atoms with Crippen LogP contribution in [0.3, 0.4) is 0 Å². The predicted molar refractivity (Wildman–Crippen MR) is 75.6 cm³/mol. The number of alkyl carbamates (subject to hydrolysis) is 1. The number of amides is 3. The van der Waals surface area contributed by atoms with Gasteiger partial charge in [0.2, 0.25) is 5.91 Å². The van der Waals surface area contributed by atoms with Crippen molar-refractivity contribution in [1.29, 1.82) is 0 Å². The lowest BCUT2D eigenvalue weighted by Crippen LogP contribution is -2.70. The minimum absolute atomic E-state index is 0.0821. The molecule has 2 rings (SSSR count). The fraction of sp³-hybridized carbons (Fsp3) is 0.357. The van der Waals surface area contributed by atoms with Crippen LogP contribution in [0.25, 0.3) is 0 Å². The summed E-state index contributed by atoms with van der Waals surface area (Å²) < 4.78 is 9.70. The van der Waals surface area contributed by atoms with Crippen molar-refractivity contribution in [3.63, 3.8) is 0 Å². The molecule has 1 heterocycles. The van der Waals surface area contributed by atoms with Gasteiger partial charge >= 0.3 is 12.2 Å². The number of primary amides is 1. The molecule has 2 atom stereocenters. The number of nitrogens with one attached hydrogen (secondary N) is 1. The molecule has 0 saturated carbocycles. The second-order valence-corrected chi connectivity index (χ2v) is 4.83. The molecule has 8 heteroatoms. The van der Waals surface area contributed by atoms with Crippen molar-refractivity contribution in [2.45, 2.75) is 18.7 Å². The molecule has 8 nitrogen and oxygen atoms in total. The maximum absolute atomic E-state index is 11.7. The first-order chi connectivity index (χ1) is 10.5. The van der Waals surface area contributed by atoms with E-state index in [2.05, 4.69) is 10.1 Å². The Kier molecular flexibility index (Phi) is 4.82. The van der Waals surface area contributed by atoms with E-state index in [1.165, 1.54) is 4.90 Å². The average Bonchev–Trinajstić information content (AvgIpc) is 2.52. The number of hydrogen-bond acceptors (Lipinski definition) is 5. The van der Waals surface area contributed by atoms with Gasteiger partial charge in [-0.3, -0.25) is 4.79 Å². The van der Waals surface area contributed by atoms with Crippen LogP contribution in [0.4, 0.5) is 9.59 Å². The molecule has 1 fully saturated rings. The van der Waals surface area contributed by atoms with Gasteiger partial charge in [-0.25, -0.2) is 9.59 Å². The monoisotopic (exact) mass is 307 g/mol. The molecule has 0 spiro atoms. The number of hydrogen-bond donors (Lipinski definition) is 2. The lowest BCUT2D eigenvalue weighted by Gasteiger charge is -2.44. The van der Waals surface area contributed by atoms with Gasteiger partial charge in [0.1, 0.15) is 19.3 Å². The number of ether oxygens (including phenoxy) is 2. The van der Waals surface area contributed by atoms with Gasteiger partial charge in [-0.2, -0.15) is 0 Å². The fourth-order valence-electron chi connectivity index (χ4n) is 2.11. The molecule has 1 aliphatic rings. The van der Waals surface area contributed by atoms with Gasteiger partial charge in [0, 0.05) is 7.05 Å². The summed E-state index contributed by atoms with van der Waals surface area (Å²) in [4.78, 5) is 35.4. The summed E-state index contributed by atoms with van der Waals surface area (Å²) in [5.41, 5.74) is 5.72. The third kappa shape index (κ3) is 3.66. The largest absolute Gasteiger partial charge is 0.447 e. The van der Waals surface area contributed by atoms with E-state index in [1.807, 2.05) is 30.3 Å². The third-order valence-corrected chi connectivity index (χ3v) is 3.38. The molecule has 1 saturated heterocycles. The lowest BCUT2D eigenvalue weighted by molar-refractivity contribution is -0.150. The van der Waals surface area contributed by atoms with Crippen molar-refractivity contribution >= 4 is 18.1 Å². The Hall–Kier alpha value is -2.77.